The van der Waals surface area contributed by atoms with Crippen LogP contribution in [0.4, 0.5) is 5.82 Å². The van der Waals surface area contributed by atoms with Gasteiger partial charge in [0.15, 0.2) is 5.82 Å². The predicted octanol–water partition coefficient (Wildman–Crippen LogP) is 1.90. The van der Waals surface area contributed by atoms with E-state index in [2.05, 4.69) is 21.4 Å². The molecule has 0 bridgehead atoms. The number of aromatic nitrogens is 2. The maximum absolute atomic E-state index is 10.00. The van der Waals surface area contributed by atoms with Crippen molar-refractivity contribution < 1.29 is 10.2 Å². The molecule has 0 saturated carbocycles. The Morgan fingerprint density at radius 2 is 2.08 bits per heavy atom. The molecule has 2 heterocycles. The monoisotopic (exact) mass is 347 g/mol. The Hall–Kier alpha value is -2.56. The number of hydrogen-bond acceptors (Lipinski definition) is 7. The number of rotatable bonds is 2. The lowest BCUT2D eigenvalue weighted by Crippen LogP contribution is -2.29. The number of nitrogens with one attached hydrogen (secondary N) is 1. The highest BCUT2D eigenvalue weighted by Crippen LogP contribution is 2.33. The van der Waals surface area contributed by atoms with Gasteiger partial charge in [0.2, 0.25) is 0 Å². The van der Waals surface area contributed by atoms with Gasteiger partial charge < -0.3 is 21.3 Å². The maximum atomic E-state index is 10.00. The first kappa shape index (κ1) is 17.8. The second-order valence-electron chi connectivity index (χ2n) is 5.55. The van der Waals surface area contributed by atoms with Crippen molar-refractivity contribution in [2.75, 3.05) is 18.8 Å². The van der Waals surface area contributed by atoms with E-state index in [9.17, 15) is 15.5 Å². The molecule has 3 rings (SSSR count). The Bertz CT molecular complexity index is 785. The molecule has 5 N–H and O–H groups in total. The number of hydrogen-bond donors (Lipinski definition) is 4. The number of phenolic OH excluding ortho intramolecular Hbond substituents is 2. The van der Waals surface area contributed by atoms with E-state index < -0.39 is 0 Å². The zero-order valence-corrected chi connectivity index (χ0v) is 13.7. The van der Waals surface area contributed by atoms with Crippen molar-refractivity contribution in [3.63, 3.8) is 0 Å². The predicted molar refractivity (Wildman–Crippen MR) is 92.0 cm³/mol. The molecule has 0 aliphatic carbocycles. The van der Waals surface area contributed by atoms with Crippen LogP contribution in [-0.2, 0) is 0 Å². The molecular formula is C16H18ClN5O2. The van der Waals surface area contributed by atoms with E-state index >= 15 is 0 Å². The van der Waals surface area contributed by atoms with Gasteiger partial charge >= 0.3 is 0 Å². The second-order valence-corrected chi connectivity index (χ2v) is 5.55. The van der Waals surface area contributed by atoms with E-state index in [4.69, 9.17) is 5.73 Å². The van der Waals surface area contributed by atoms with Crippen LogP contribution in [0.15, 0.2) is 18.2 Å². The largest absolute Gasteiger partial charge is 0.508 e. The standard InChI is InChI=1S/C16H17N5O2.ClH/c17-7-12-14(9-2-1-5-19-8-9)20-16(21-15(12)18)11-6-10(22)3-4-13(11)23;/h3-4,6,9,19,22-23H,1-2,5,8H2,(H2,18,20,21);1H. The van der Waals surface area contributed by atoms with Gasteiger partial charge in [0.1, 0.15) is 28.9 Å². The van der Waals surface area contributed by atoms with Crippen molar-refractivity contribution in [1.82, 2.24) is 15.3 Å². The summed E-state index contributed by atoms with van der Waals surface area (Å²) in [7, 11) is 0. The third-order valence-corrected chi connectivity index (χ3v) is 3.98. The molecule has 1 atom stereocenters. The Labute approximate surface area is 145 Å². The SMILES string of the molecule is Cl.N#Cc1c(N)nc(-c2cc(O)ccc2O)nc1C1CCCNC1. The average molecular weight is 348 g/mol. The molecule has 2 aromatic rings. The molecule has 1 fully saturated rings. The summed E-state index contributed by atoms with van der Waals surface area (Å²) in [5.41, 5.74) is 7.08. The fraction of sp³-hybridized carbons (Fsp3) is 0.312. The Balaban J connectivity index is 0.00000208. The number of nitrogens with two attached hydrogens (primary N) is 1. The summed E-state index contributed by atoms with van der Waals surface area (Å²) in [4.78, 5) is 8.60. The van der Waals surface area contributed by atoms with E-state index in [-0.39, 0.29) is 52.6 Å². The summed E-state index contributed by atoms with van der Waals surface area (Å²) in [6, 6.07) is 6.19. The Kier molecular flexibility index (Phi) is 5.44. The van der Waals surface area contributed by atoms with Gasteiger partial charge in [0.25, 0.3) is 0 Å². The molecule has 0 amide bonds. The van der Waals surface area contributed by atoms with Gasteiger partial charge in [-0.15, -0.1) is 12.4 Å². The summed E-state index contributed by atoms with van der Waals surface area (Å²) >= 11 is 0. The third kappa shape index (κ3) is 3.35. The topological polar surface area (TPSA) is 128 Å². The molecule has 1 aliphatic heterocycles. The number of piperidine rings is 1. The lowest BCUT2D eigenvalue weighted by molar-refractivity contribution is 0.453. The second kappa shape index (κ2) is 7.34. The number of nitrogen functional groups attached to an aromatic ring is 1. The van der Waals surface area contributed by atoms with E-state index in [1.807, 2.05) is 0 Å². The first-order valence-electron chi connectivity index (χ1n) is 7.40. The number of aromatic hydroxyl groups is 2. The van der Waals surface area contributed by atoms with Crippen LogP contribution in [0.5, 0.6) is 11.5 Å². The molecule has 1 saturated heterocycles. The number of nitriles is 1. The quantitative estimate of drug-likeness (QED) is 0.610. The molecule has 7 nitrogen and oxygen atoms in total. The summed E-state index contributed by atoms with van der Waals surface area (Å²) in [5.74, 6) is 0.294. The van der Waals surface area contributed by atoms with Gasteiger partial charge in [-0.1, -0.05) is 0 Å². The fourth-order valence-electron chi connectivity index (χ4n) is 2.81. The summed E-state index contributed by atoms with van der Waals surface area (Å²) in [6.45, 7) is 1.66. The molecule has 126 valence electrons. The first-order valence-corrected chi connectivity index (χ1v) is 7.40. The van der Waals surface area contributed by atoms with E-state index in [0.717, 1.165) is 25.9 Å². The molecule has 0 radical (unpaired) electrons. The molecule has 1 aromatic heterocycles. The van der Waals surface area contributed by atoms with Crippen LogP contribution in [0.3, 0.4) is 0 Å². The summed E-state index contributed by atoms with van der Waals surface area (Å²) in [5, 5.41) is 32.3. The minimum atomic E-state index is -0.0559. The van der Waals surface area contributed by atoms with Crippen LogP contribution in [0, 0.1) is 11.3 Å². The molecule has 8 heteroatoms. The van der Waals surface area contributed by atoms with Crippen molar-refractivity contribution in [3.05, 3.63) is 29.5 Å². The average Bonchev–Trinajstić information content (AvgIpc) is 2.57. The molecule has 24 heavy (non-hydrogen) atoms. The number of phenols is 2. The first-order chi connectivity index (χ1) is 11.1. The smallest absolute Gasteiger partial charge is 0.165 e. The lowest BCUT2D eigenvalue weighted by Gasteiger charge is -2.23. The van der Waals surface area contributed by atoms with E-state index in [1.54, 1.807) is 0 Å². The summed E-state index contributed by atoms with van der Waals surface area (Å²) in [6.07, 6.45) is 1.90. The maximum Gasteiger partial charge on any atom is 0.165 e. The van der Waals surface area contributed by atoms with Gasteiger partial charge in [-0.05, 0) is 37.6 Å². The van der Waals surface area contributed by atoms with Crippen LogP contribution < -0.4 is 11.1 Å². The normalized spacial score (nSPS) is 16.9. The van der Waals surface area contributed by atoms with Crippen molar-refractivity contribution in [2.45, 2.75) is 18.8 Å². The van der Waals surface area contributed by atoms with Gasteiger partial charge in [0.05, 0.1) is 11.3 Å². The van der Waals surface area contributed by atoms with Crippen LogP contribution >= 0.6 is 12.4 Å². The van der Waals surface area contributed by atoms with Crippen molar-refractivity contribution >= 4 is 18.2 Å². The van der Waals surface area contributed by atoms with Crippen molar-refractivity contribution in [3.8, 4) is 29.0 Å². The minimum absolute atomic E-state index is 0. The molecule has 1 unspecified atom stereocenters. The minimum Gasteiger partial charge on any atom is -0.508 e. The molecule has 1 aliphatic rings. The van der Waals surface area contributed by atoms with Crippen LogP contribution in [0.1, 0.15) is 30.0 Å². The van der Waals surface area contributed by atoms with Gasteiger partial charge in [-0.25, -0.2) is 9.97 Å². The van der Waals surface area contributed by atoms with Crippen LogP contribution in [0.25, 0.3) is 11.4 Å². The van der Waals surface area contributed by atoms with E-state index in [0.29, 0.717) is 5.69 Å². The van der Waals surface area contributed by atoms with Crippen molar-refractivity contribution in [2.24, 2.45) is 0 Å². The Morgan fingerprint density at radius 3 is 2.75 bits per heavy atom. The van der Waals surface area contributed by atoms with Crippen LogP contribution in [0.2, 0.25) is 0 Å². The number of halogens is 1. The zero-order valence-electron chi connectivity index (χ0n) is 12.9. The molecular weight excluding hydrogens is 330 g/mol. The van der Waals surface area contributed by atoms with Crippen molar-refractivity contribution in [1.29, 1.82) is 5.26 Å². The number of benzene rings is 1. The lowest BCUT2D eigenvalue weighted by atomic mass is 9.93. The fourth-order valence-corrected chi connectivity index (χ4v) is 2.81. The van der Waals surface area contributed by atoms with Gasteiger partial charge in [-0.3, -0.25) is 0 Å². The highest BCUT2D eigenvalue weighted by Gasteiger charge is 2.24. The number of anilines is 1. The highest BCUT2D eigenvalue weighted by molar-refractivity contribution is 5.85. The van der Waals surface area contributed by atoms with Gasteiger partial charge in [-0.2, -0.15) is 5.26 Å². The van der Waals surface area contributed by atoms with Crippen LogP contribution in [-0.4, -0.2) is 33.3 Å². The van der Waals surface area contributed by atoms with Gasteiger partial charge in [0, 0.05) is 12.5 Å². The highest BCUT2D eigenvalue weighted by atomic mass is 35.5. The number of nitrogens with zero attached hydrogens (tertiary/aromatic N) is 3. The molecule has 1 aromatic carbocycles. The third-order valence-electron chi connectivity index (χ3n) is 3.98. The summed E-state index contributed by atoms with van der Waals surface area (Å²) < 4.78 is 0. The molecule has 0 spiro atoms. The van der Waals surface area contributed by atoms with E-state index in [1.165, 1.54) is 18.2 Å². The Morgan fingerprint density at radius 1 is 1.29 bits per heavy atom. The zero-order chi connectivity index (χ0) is 16.4.